The van der Waals surface area contributed by atoms with Crippen molar-refractivity contribution in [2.24, 2.45) is 0 Å². The number of nitrogens with one attached hydrogen (secondary N) is 1. The molecule has 4 heteroatoms. The predicted octanol–water partition coefficient (Wildman–Crippen LogP) is 3.31. The van der Waals surface area contributed by atoms with E-state index in [9.17, 15) is 4.79 Å². The lowest BCUT2D eigenvalue weighted by molar-refractivity contribution is -0.124. The van der Waals surface area contributed by atoms with Crippen LogP contribution >= 0.6 is 0 Å². The van der Waals surface area contributed by atoms with Gasteiger partial charge in [0.2, 0.25) is 5.91 Å². The van der Waals surface area contributed by atoms with Crippen molar-refractivity contribution in [3.63, 3.8) is 0 Å². The molecule has 2 aromatic rings. The average Bonchev–Trinajstić information content (AvgIpc) is 2.64. The number of carbonyl (C=O) groups excluding carboxylic acids is 1. The Morgan fingerprint density at radius 2 is 1.37 bits per heavy atom. The first kappa shape index (κ1) is 19.6. The monoisotopic (exact) mass is 365 g/mol. The molecule has 1 fully saturated rings. The largest absolute Gasteiger partial charge is 0.350 e. The summed E-state index contributed by atoms with van der Waals surface area (Å²) in [5.41, 5.74) is 2.47. The lowest BCUT2D eigenvalue weighted by atomic mass is 9.96. The van der Waals surface area contributed by atoms with E-state index >= 15 is 0 Å². The van der Waals surface area contributed by atoms with E-state index in [0.717, 1.165) is 26.2 Å². The van der Waals surface area contributed by atoms with Gasteiger partial charge in [-0.25, -0.2) is 0 Å². The highest BCUT2D eigenvalue weighted by Crippen LogP contribution is 2.29. The van der Waals surface area contributed by atoms with E-state index in [1.54, 1.807) is 0 Å². The van der Waals surface area contributed by atoms with Crippen molar-refractivity contribution < 1.29 is 4.79 Å². The molecule has 4 nitrogen and oxygen atoms in total. The summed E-state index contributed by atoms with van der Waals surface area (Å²) in [6, 6.07) is 21.7. The summed E-state index contributed by atoms with van der Waals surface area (Å²) in [4.78, 5) is 17.0. The standard InChI is InChI=1S/C23H31N3O/c1-23(2,3)24-21(27)18-25-14-16-26(17-15-25)22(19-10-6-4-7-11-19)20-12-8-5-9-13-20/h4-13,22H,14-18H2,1-3H3,(H,24,27). The van der Waals surface area contributed by atoms with Crippen LogP contribution in [0.15, 0.2) is 60.7 Å². The van der Waals surface area contributed by atoms with Gasteiger partial charge in [0.25, 0.3) is 0 Å². The van der Waals surface area contributed by atoms with Crippen LogP contribution in [0.25, 0.3) is 0 Å². The van der Waals surface area contributed by atoms with Gasteiger partial charge in [-0.1, -0.05) is 60.7 Å². The molecule has 0 aliphatic carbocycles. The van der Waals surface area contributed by atoms with E-state index in [1.807, 2.05) is 20.8 Å². The second-order valence-corrected chi connectivity index (χ2v) is 8.33. The van der Waals surface area contributed by atoms with E-state index in [1.165, 1.54) is 11.1 Å². The summed E-state index contributed by atoms with van der Waals surface area (Å²) in [5, 5.41) is 3.06. The molecule has 0 atom stereocenters. The van der Waals surface area contributed by atoms with Gasteiger partial charge in [-0.2, -0.15) is 0 Å². The number of hydrogen-bond acceptors (Lipinski definition) is 3. The Labute approximate surface area is 163 Å². The van der Waals surface area contributed by atoms with Gasteiger partial charge in [0.1, 0.15) is 0 Å². The summed E-state index contributed by atoms with van der Waals surface area (Å²) in [5.74, 6) is 0.110. The van der Waals surface area contributed by atoms with Crippen molar-refractivity contribution in [3.05, 3.63) is 71.8 Å². The fourth-order valence-corrected chi connectivity index (χ4v) is 3.73. The van der Waals surface area contributed by atoms with Gasteiger partial charge < -0.3 is 5.32 Å². The zero-order valence-corrected chi connectivity index (χ0v) is 16.7. The Kier molecular flexibility index (Phi) is 6.30. The minimum absolute atomic E-state index is 0.110. The first-order valence-corrected chi connectivity index (χ1v) is 9.80. The zero-order chi connectivity index (χ0) is 19.3. The third-order valence-corrected chi connectivity index (χ3v) is 4.88. The smallest absolute Gasteiger partial charge is 0.234 e. The average molecular weight is 366 g/mol. The minimum Gasteiger partial charge on any atom is -0.350 e. The van der Waals surface area contributed by atoms with Crippen LogP contribution in [0.3, 0.4) is 0 Å². The van der Waals surface area contributed by atoms with Crippen LogP contribution in [-0.4, -0.2) is 54.0 Å². The molecular formula is C23H31N3O. The maximum Gasteiger partial charge on any atom is 0.234 e. The van der Waals surface area contributed by atoms with Crippen molar-refractivity contribution in [3.8, 4) is 0 Å². The molecule has 1 heterocycles. The Hall–Kier alpha value is -2.17. The fourth-order valence-electron chi connectivity index (χ4n) is 3.73. The van der Waals surface area contributed by atoms with Crippen LogP contribution in [0, 0.1) is 0 Å². The molecule has 0 spiro atoms. The van der Waals surface area contributed by atoms with E-state index in [2.05, 4.69) is 75.8 Å². The Morgan fingerprint density at radius 3 is 1.81 bits per heavy atom. The Balaban J connectivity index is 1.66. The van der Waals surface area contributed by atoms with Gasteiger partial charge >= 0.3 is 0 Å². The summed E-state index contributed by atoms with van der Waals surface area (Å²) in [6.45, 7) is 10.3. The van der Waals surface area contributed by atoms with E-state index < -0.39 is 0 Å². The molecule has 3 rings (SSSR count). The van der Waals surface area contributed by atoms with Crippen molar-refractivity contribution in [2.45, 2.75) is 32.4 Å². The van der Waals surface area contributed by atoms with Gasteiger partial charge in [-0.3, -0.25) is 14.6 Å². The molecular weight excluding hydrogens is 334 g/mol. The SMILES string of the molecule is CC(C)(C)NC(=O)CN1CCN(C(c2ccccc2)c2ccccc2)CC1. The highest BCUT2D eigenvalue weighted by Gasteiger charge is 2.27. The maximum absolute atomic E-state index is 12.2. The fraction of sp³-hybridized carbons (Fsp3) is 0.435. The van der Waals surface area contributed by atoms with Crippen LogP contribution in [0.5, 0.6) is 0 Å². The van der Waals surface area contributed by atoms with Crippen LogP contribution in [0.2, 0.25) is 0 Å². The number of amides is 1. The lowest BCUT2D eigenvalue weighted by Crippen LogP contribution is -2.52. The number of carbonyl (C=O) groups is 1. The zero-order valence-electron chi connectivity index (χ0n) is 16.7. The minimum atomic E-state index is -0.176. The molecule has 1 amide bonds. The molecule has 0 unspecified atom stereocenters. The summed E-state index contributed by atoms with van der Waals surface area (Å²) >= 11 is 0. The number of rotatable bonds is 5. The molecule has 0 radical (unpaired) electrons. The molecule has 1 N–H and O–H groups in total. The van der Waals surface area contributed by atoms with E-state index in [0.29, 0.717) is 6.54 Å². The second-order valence-electron chi connectivity index (χ2n) is 8.33. The van der Waals surface area contributed by atoms with Gasteiger partial charge in [0, 0.05) is 31.7 Å². The van der Waals surface area contributed by atoms with Gasteiger partial charge in [-0.05, 0) is 31.9 Å². The van der Waals surface area contributed by atoms with Crippen LogP contribution in [0.4, 0.5) is 0 Å². The van der Waals surface area contributed by atoms with Crippen molar-refractivity contribution in [1.82, 2.24) is 15.1 Å². The predicted molar refractivity (Wildman–Crippen MR) is 111 cm³/mol. The van der Waals surface area contributed by atoms with Crippen molar-refractivity contribution in [1.29, 1.82) is 0 Å². The summed E-state index contributed by atoms with van der Waals surface area (Å²) in [6.07, 6.45) is 0. The molecule has 2 aromatic carbocycles. The molecule has 1 aliphatic rings. The number of benzene rings is 2. The molecule has 144 valence electrons. The third kappa shape index (κ3) is 5.65. The van der Waals surface area contributed by atoms with Crippen molar-refractivity contribution in [2.75, 3.05) is 32.7 Å². The summed E-state index contributed by atoms with van der Waals surface area (Å²) < 4.78 is 0. The van der Waals surface area contributed by atoms with Gasteiger partial charge in [0.05, 0.1) is 12.6 Å². The lowest BCUT2D eigenvalue weighted by Gasteiger charge is -2.39. The molecule has 1 saturated heterocycles. The number of hydrogen-bond donors (Lipinski definition) is 1. The molecule has 0 saturated carbocycles. The van der Waals surface area contributed by atoms with Crippen LogP contribution in [0.1, 0.15) is 37.9 Å². The molecule has 27 heavy (non-hydrogen) atoms. The molecule has 0 bridgehead atoms. The maximum atomic E-state index is 12.2. The number of nitrogens with zero attached hydrogens (tertiary/aromatic N) is 2. The van der Waals surface area contributed by atoms with Crippen LogP contribution < -0.4 is 5.32 Å². The van der Waals surface area contributed by atoms with Gasteiger partial charge in [0.15, 0.2) is 0 Å². The Bertz CT molecular complexity index is 677. The Morgan fingerprint density at radius 1 is 0.889 bits per heavy atom. The highest BCUT2D eigenvalue weighted by atomic mass is 16.2. The quantitative estimate of drug-likeness (QED) is 0.883. The summed E-state index contributed by atoms with van der Waals surface area (Å²) in [7, 11) is 0. The third-order valence-electron chi connectivity index (χ3n) is 4.88. The van der Waals surface area contributed by atoms with Crippen LogP contribution in [-0.2, 0) is 4.79 Å². The van der Waals surface area contributed by atoms with E-state index in [4.69, 9.17) is 0 Å². The van der Waals surface area contributed by atoms with Gasteiger partial charge in [-0.15, -0.1) is 0 Å². The first-order chi connectivity index (χ1) is 12.9. The highest BCUT2D eigenvalue weighted by molar-refractivity contribution is 5.78. The van der Waals surface area contributed by atoms with Crippen molar-refractivity contribution >= 4 is 5.91 Å². The second kappa shape index (κ2) is 8.68. The normalized spacial score (nSPS) is 16.4. The first-order valence-electron chi connectivity index (χ1n) is 9.80. The molecule has 1 aliphatic heterocycles. The van der Waals surface area contributed by atoms with E-state index in [-0.39, 0.29) is 17.5 Å². The molecule has 0 aromatic heterocycles. The topological polar surface area (TPSA) is 35.6 Å². The number of piperazine rings is 1.